The van der Waals surface area contributed by atoms with Crippen molar-refractivity contribution in [3.05, 3.63) is 76.8 Å². The summed E-state index contributed by atoms with van der Waals surface area (Å²) in [5.41, 5.74) is 3.14. The molecule has 1 aromatic carbocycles. The number of nitrogens with one attached hydrogen (secondary N) is 1. The second-order valence-corrected chi connectivity index (χ2v) is 7.39. The molecule has 0 fully saturated rings. The summed E-state index contributed by atoms with van der Waals surface area (Å²) in [6, 6.07) is 17.5. The van der Waals surface area contributed by atoms with Crippen molar-refractivity contribution in [3.8, 4) is 10.6 Å². The van der Waals surface area contributed by atoms with Gasteiger partial charge in [0.15, 0.2) is 0 Å². The van der Waals surface area contributed by atoms with Crippen LogP contribution in [-0.2, 0) is 0 Å². The van der Waals surface area contributed by atoms with Gasteiger partial charge >= 0.3 is 0 Å². The van der Waals surface area contributed by atoms with Gasteiger partial charge in [0, 0.05) is 16.5 Å². The van der Waals surface area contributed by atoms with Crippen LogP contribution in [0.2, 0.25) is 0 Å². The molecule has 4 rings (SSSR count). The number of hydrogen-bond donors (Lipinski definition) is 1. The highest BCUT2D eigenvalue weighted by Gasteiger charge is 2.15. The van der Waals surface area contributed by atoms with Gasteiger partial charge in [-0.15, -0.1) is 11.3 Å². The molecule has 4 aromatic rings. The third-order valence-corrected chi connectivity index (χ3v) is 5.22. The molecule has 1 N–H and O–H groups in total. The summed E-state index contributed by atoms with van der Waals surface area (Å²) in [6.45, 7) is 3.99. The quantitative estimate of drug-likeness (QED) is 0.545. The normalized spacial score (nSPS) is 10.8. The fraction of sp³-hybridized carbons (Fsp3) is 0.0952. The standard InChI is InChI=1S/C21H17N3OS/c1-13-6-5-11-22-20(13)24-21(25)16-12-18(19-10-9-14(2)26-19)23-17-8-4-3-7-15(16)17/h3-12H,1-2H3,(H,22,24,25). The van der Waals surface area contributed by atoms with Crippen molar-refractivity contribution in [1.29, 1.82) is 0 Å². The summed E-state index contributed by atoms with van der Waals surface area (Å²) in [4.78, 5) is 24.3. The molecular weight excluding hydrogens is 342 g/mol. The van der Waals surface area contributed by atoms with Crippen LogP contribution in [0.5, 0.6) is 0 Å². The fourth-order valence-electron chi connectivity index (χ4n) is 2.85. The minimum atomic E-state index is -0.181. The van der Waals surface area contributed by atoms with Crippen LogP contribution in [0.15, 0.2) is 60.8 Å². The summed E-state index contributed by atoms with van der Waals surface area (Å²) in [6.07, 6.45) is 1.67. The predicted octanol–water partition coefficient (Wildman–Crippen LogP) is 5.23. The number of amides is 1. The second-order valence-electron chi connectivity index (χ2n) is 6.11. The summed E-state index contributed by atoms with van der Waals surface area (Å²) < 4.78 is 0. The number of nitrogens with zero attached hydrogens (tertiary/aromatic N) is 2. The molecule has 26 heavy (non-hydrogen) atoms. The maximum absolute atomic E-state index is 13.0. The summed E-state index contributed by atoms with van der Waals surface area (Å²) in [5.74, 6) is 0.395. The van der Waals surface area contributed by atoms with E-state index in [0.717, 1.165) is 27.0 Å². The number of fused-ring (bicyclic) bond motifs is 1. The zero-order valence-electron chi connectivity index (χ0n) is 14.5. The molecule has 4 nitrogen and oxygen atoms in total. The molecule has 1 amide bonds. The van der Waals surface area contributed by atoms with E-state index in [9.17, 15) is 4.79 Å². The Kier molecular flexibility index (Phi) is 4.22. The van der Waals surface area contributed by atoms with E-state index in [4.69, 9.17) is 4.98 Å². The molecule has 0 saturated carbocycles. The van der Waals surface area contributed by atoms with Crippen molar-refractivity contribution in [2.75, 3.05) is 5.32 Å². The first kappa shape index (κ1) is 16.4. The van der Waals surface area contributed by atoms with Crippen LogP contribution in [0.3, 0.4) is 0 Å². The van der Waals surface area contributed by atoms with Crippen LogP contribution in [0, 0.1) is 13.8 Å². The number of anilines is 1. The lowest BCUT2D eigenvalue weighted by Gasteiger charge is -2.10. The van der Waals surface area contributed by atoms with Gasteiger partial charge in [0.05, 0.1) is 21.7 Å². The smallest absolute Gasteiger partial charge is 0.257 e. The van der Waals surface area contributed by atoms with Gasteiger partial charge in [0.1, 0.15) is 5.82 Å². The van der Waals surface area contributed by atoms with Crippen molar-refractivity contribution in [3.63, 3.8) is 0 Å². The monoisotopic (exact) mass is 359 g/mol. The Morgan fingerprint density at radius 2 is 1.88 bits per heavy atom. The van der Waals surface area contributed by atoms with Crippen molar-refractivity contribution >= 4 is 34.0 Å². The van der Waals surface area contributed by atoms with E-state index >= 15 is 0 Å². The summed E-state index contributed by atoms with van der Waals surface area (Å²) in [7, 11) is 0. The molecular formula is C21H17N3OS. The minimum absolute atomic E-state index is 0.181. The molecule has 0 atom stereocenters. The first-order valence-corrected chi connectivity index (χ1v) is 9.13. The molecule has 0 radical (unpaired) electrons. The molecule has 3 heterocycles. The van der Waals surface area contributed by atoms with Gasteiger partial charge < -0.3 is 5.32 Å². The Hall–Kier alpha value is -3.05. The number of para-hydroxylation sites is 1. The van der Waals surface area contributed by atoms with E-state index in [2.05, 4.69) is 23.3 Å². The van der Waals surface area contributed by atoms with Crippen molar-refractivity contribution in [1.82, 2.24) is 9.97 Å². The van der Waals surface area contributed by atoms with Gasteiger partial charge in [-0.25, -0.2) is 9.97 Å². The third-order valence-electron chi connectivity index (χ3n) is 4.19. The van der Waals surface area contributed by atoms with Gasteiger partial charge in [0.25, 0.3) is 5.91 Å². The number of aromatic nitrogens is 2. The van der Waals surface area contributed by atoms with Gasteiger partial charge in [-0.2, -0.15) is 0 Å². The SMILES string of the molecule is Cc1ccc(-c2cc(C(=O)Nc3ncccc3C)c3ccccc3n2)s1. The Labute approximate surface area is 155 Å². The molecule has 5 heteroatoms. The lowest BCUT2D eigenvalue weighted by atomic mass is 10.1. The summed E-state index contributed by atoms with van der Waals surface area (Å²) >= 11 is 1.67. The highest BCUT2D eigenvalue weighted by Crippen LogP contribution is 2.30. The first-order chi connectivity index (χ1) is 12.6. The number of hydrogen-bond acceptors (Lipinski definition) is 4. The number of carbonyl (C=O) groups is 1. The molecule has 3 aromatic heterocycles. The lowest BCUT2D eigenvalue weighted by Crippen LogP contribution is -2.14. The van der Waals surface area contributed by atoms with Crippen LogP contribution in [0.4, 0.5) is 5.82 Å². The highest BCUT2D eigenvalue weighted by atomic mass is 32.1. The van der Waals surface area contributed by atoms with Crippen molar-refractivity contribution < 1.29 is 4.79 Å². The number of aryl methyl sites for hydroxylation is 2. The zero-order valence-corrected chi connectivity index (χ0v) is 15.3. The molecule has 128 valence electrons. The van der Waals surface area contributed by atoms with E-state index in [1.807, 2.05) is 55.5 Å². The maximum atomic E-state index is 13.0. The molecule has 0 spiro atoms. The topological polar surface area (TPSA) is 54.9 Å². The van der Waals surface area contributed by atoms with E-state index < -0.39 is 0 Å². The molecule has 0 unspecified atom stereocenters. The Morgan fingerprint density at radius 3 is 2.65 bits per heavy atom. The zero-order chi connectivity index (χ0) is 18.1. The average Bonchev–Trinajstić information content (AvgIpc) is 3.09. The largest absolute Gasteiger partial charge is 0.306 e. The number of thiophene rings is 1. The van der Waals surface area contributed by atoms with Crippen LogP contribution < -0.4 is 5.32 Å². The predicted molar refractivity (Wildman–Crippen MR) is 107 cm³/mol. The molecule has 0 aliphatic heterocycles. The van der Waals surface area contributed by atoms with Crippen LogP contribution in [0.1, 0.15) is 20.8 Å². The van der Waals surface area contributed by atoms with Crippen LogP contribution in [0.25, 0.3) is 21.5 Å². The van der Waals surface area contributed by atoms with Crippen molar-refractivity contribution in [2.45, 2.75) is 13.8 Å². The van der Waals surface area contributed by atoms with Crippen LogP contribution in [-0.4, -0.2) is 15.9 Å². The van der Waals surface area contributed by atoms with E-state index in [-0.39, 0.29) is 5.91 Å². The van der Waals surface area contributed by atoms with E-state index in [1.54, 1.807) is 17.5 Å². The van der Waals surface area contributed by atoms with Gasteiger partial charge in [-0.3, -0.25) is 4.79 Å². The second kappa shape index (κ2) is 6.69. The Balaban J connectivity index is 1.82. The maximum Gasteiger partial charge on any atom is 0.257 e. The van der Waals surface area contributed by atoms with E-state index in [1.165, 1.54) is 4.88 Å². The molecule has 0 aliphatic rings. The molecule has 0 saturated heterocycles. The first-order valence-electron chi connectivity index (χ1n) is 8.31. The van der Waals surface area contributed by atoms with Gasteiger partial charge in [-0.05, 0) is 49.7 Å². The Bertz CT molecular complexity index is 1120. The Morgan fingerprint density at radius 1 is 1.04 bits per heavy atom. The number of carbonyl (C=O) groups excluding carboxylic acids is 1. The fourth-order valence-corrected chi connectivity index (χ4v) is 3.68. The lowest BCUT2D eigenvalue weighted by molar-refractivity contribution is 0.102. The van der Waals surface area contributed by atoms with Crippen molar-refractivity contribution in [2.24, 2.45) is 0 Å². The third kappa shape index (κ3) is 3.09. The average molecular weight is 359 g/mol. The number of benzene rings is 1. The van der Waals surface area contributed by atoms with Gasteiger partial charge in [0.2, 0.25) is 0 Å². The summed E-state index contributed by atoms with van der Waals surface area (Å²) in [5, 5.41) is 3.76. The number of pyridine rings is 2. The highest BCUT2D eigenvalue weighted by molar-refractivity contribution is 7.15. The van der Waals surface area contributed by atoms with Gasteiger partial charge in [-0.1, -0.05) is 24.3 Å². The molecule has 0 bridgehead atoms. The minimum Gasteiger partial charge on any atom is -0.306 e. The van der Waals surface area contributed by atoms with Crippen LogP contribution >= 0.6 is 11.3 Å². The van der Waals surface area contributed by atoms with E-state index in [0.29, 0.717) is 11.4 Å². The number of rotatable bonds is 3. The molecule has 0 aliphatic carbocycles.